The van der Waals surface area contributed by atoms with Gasteiger partial charge in [-0.25, -0.2) is 0 Å². The molecule has 1 N–H and O–H groups in total. The van der Waals surface area contributed by atoms with Crippen molar-refractivity contribution in [3.05, 3.63) is 0 Å². The molecule has 0 saturated heterocycles. The lowest BCUT2D eigenvalue weighted by atomic mass is 9.55. The number of hydrogen-bond donors (Lipinski definition) is 1. The molecule has 0 aromatic heterocycles. The fourth-order valence-corrected chi connectivity index (χ4v) is 6.56. The van der Waals surface area contributed by atoms with E-state index in [2.05, 4.69) is 6.92 Å². The highest BCUT2D eigenvalue weighted by atomic mass is 16.3. The molecule has 4 rings (SSSR count). The van der Waals surface area contributed by atoms with Crippen molar-refractivity contribution in [2.75, 3.05) is 0 Å². The van der Waals surface area contributed by atoms with Crippen LogP contribution in [-0.2, 0) is 9.59 Å². The largest absolute Gasteiger partial charge is 0.393 e. The van der Waals surface area contributed by atoms with Crippen LogP contribution >= 0.6 is 0 Å². The summed E-state index contributed by atoms with van der Waals surface area (Å²) >= 11 is 0. The average molecular weight is 290 g/mol. The van der Waals surface area contributed by atoms with Gasteiger partial charge in [0.05, 0.1) is 6.10 Å². The number of carbonyl (C=O) groups is 2. The summed E-state index contributed by atoms with van der Waals surface area (Å²) in [5.74, 6) is 2.22. The number of aliphatic hydroxyl groups is 1. The van der Waals surface area contributed by atoms with Crippen LogP contribution in [0.15, 0.2) is 0 Å². The zero-order valence-electron chi connectivity index (χ0n) is 12.9. The van der Waals surface area contributed by atoms with Gasteiger partial charge in [-0.2, -0.15) is 0 Å². The molecule has 0 aromatic rings. The second-order valence-corrected chi connectivity index (χ2v) is 8.35. The van der Waals surface area contributed by atoms with Crippen molar-refractivity contribution in [2.45, 2.75) is 70.8 Å². The third kappa shape index (κ3) is 1.70. The fourth-order valence-electron chi connectivity index (χ4n) is 6.56. The Morgan fingerprint density at radius 1 is 1.00 bits per heavy atom. The quantitative estimate of drug-likeness (QED) is 0.746. The van der Waals surface area contributed by atoms with Crippen molar-refractivity contribution in [2.24, 2.45) is 28.6 Å². The van der Waals surface area contributed by atoms with Crippen molar-refractivity contribution >= 4 is 11.6 Å². The first-order valence-electron chi connectivity index (χ1n) is 8.70. The van der Waals surface area contributed by atoms with Crippen LogP contribution in [0.5, 0.6) is 0 Å². The van der Waals surface area contributed by atoms with Crippen LogP contribution in [-0.4, -0.2) is 22.8 Å². The van der Waals surface area contributed by atoms with E-state index in [4.69, 9.17) is 0 Å². The lowest BCUT2D eigenvalue weighted by Crippen LogP contribution is -2.48. The molecule has 0 aromatic carbocycles. The van der Waals surface area contributed by atoms with Gasteiger partial charge in [-0.05, 0) is 61.7 Å². The normalized spacial score (nSPS) is 53.0. The Kier molecular flexibility index (Phi) is 2.92. The van der Waals surface area contributed by atoms with Crippen LogP contribution in [0, 0.1) is 28.6 Å². The van der Waals surface area contributed by atoms with E-state index in [1.54, 1.807) is 0 Å². The third-order valence-corrected chi connectivity index (χ3v) is 7.72. The summed E-state index contributed by atoms with van der Waals surface area (Å²) in [6.07, 6.45) is 7.41. The van der Waals surface area contributed by atoms with Gasteiger partial charge >= 0.3 is 0 Å². The Labute approximate surface area is 126 Å². The SMILES string of the molecule is C[C@]12CC[C@@H]3[C@@H](CC[C@]34CC(=O)CCC4=O)[C@@H]1CC[C@@H]2O. The van der Waals surface area contributed by atoms with Crippen molar-refractivity contribution < 1.29 is 14.7 Å². The summed E-state index contributed by atoms with van der Waals surface area (Å²) in [5.41, 5.74) is -0.247. The summed E-state index contributed by atoms with van der Waals surface area (Å²) in [6, 6.07) is 0. The van der Waals surface area contributed by atoms with Crippen LogP contribution in [0.3, 0.4) is 0 Å². The van der Waals surface area contributed by atoms with Gasteiger partial charge in [-0.3, -0.25) is 9.59 Å². The van der Waals surface area contributed by atoms with E-state index >= 15 is 0 Å². The molecule has 1 spiro atoms. The smallest absolute Gasteiger partial charge is 0.140 e. The molecule has 0 bridgehead atoms. The van der Waals surface area contributed by atoms with E-state index in [1.165, 1.54) is 0 Å². The molecule has 3 heteroatoms. The molecule has 3 nitrogen and oxygen atoms in total. The highest BCUT2D eigenvalue weighted by molar-refractivity contribution is 5.97. The highest BCUT2D eigenvalue weighted by Crippen LogP contribution is 2.66. The van der Waals surface area contributed by atoms with Crippen LogP contribution in [0.2, 0.25) is 0 Å². The molecule has 116 valence electrons. The minimum absolute atomic E-state index is 0.0639. The monoisotopic (exact) mass is 290 g/mol. The molecule has 4 aliphatic carbocycles. The Morgan fingerprint density at radius 3 is 2.62 bits per heavy atom. The zero-order valence-corrected chi connectivity index (χ0v) is 12.9. The van der Waals surface area contributed by atoms with Crippen molar-refractivity contribution in [1.29, 1.82) is 0 Å². The first-order valence-corrected chi connectivity index (χ1v) is 8.70. The average Bonchev–Trinajstić information content (AvgIpc) is 2.95. The van der Waals surface area contributed by atoms with E-state index in [-0.39, 0.29) is 16.9 Å². The Morgan fingerprint density at radius 2 is 1.81 bits per heavy atom. The van der Waals surface area contributed by atoms with Gasteiger partial charge in [-0.15, -0.1) is 0 Å². The molecule has 0 radical (unpaired) electrons. The summed E-state index contributed by atoms with van der Waals surface area (Å²) in [7, 11) is 0. The topological polar surface area (TPSA) is 54.4 Å². The van der Waals surface area contributed by atoms with Gasteiger partial charge < -0.3 is 5.11 Å². The van der Waals surface area contributed by atoms with Gasteiger partial charge in [-0.1, -0.05) is 6.92 Å². The van der Waals surface area contributed by atoms with E-state index in [0.717, 1.165) is 38.5 Å². The molecule has 4 saturated carbocycles. The minimum Gasteiger partial charge on any atom is -0.393 e. The van der Waals surface area contributed by atoms with Crippen molar-refractivity contribution in [1.82, 2.24) is 0 Å². The Balaban J connectivity index is 1.67. The number of ketones is 2. The summed E-state index contributed by atoms with van der Waals surface area (Å²) in [4.78, 5) is 24.6. The minimum atomic E-state index is -0.311. The number of fused-ring (bicyclic) bond motifs is 4. The molecule has 0 amide bonds. The van der Waals surface area contributed by atoms with E-state index in [1.807, 2.05) is 0 Å². The van der Waals surface area contributed by atoms with Crippen molar-refractivity contribution in [3.63, 3.8) is 0 Å². The predicted octanol–water partition coefficient (Wildman–Crippen LogP) is 2.89. The summed E-state index contributed by atoms with van der Waals surface area (Å²) in [5, 5.41) is 10.4. The number of hydrogen-bond acceptors (Lipinski definition) is 3. The standard InChI is InChI=1S/C18H26O3/c1-17-8-7-14-12(13(17)3-5-15(17)20)6-9-18(14)10-11(19)2-4-16(18)21/h12-15,20H,2-10H2,1H3/t12-,13-,14+,15-,17-,18-/m0/s1. The van der Waals surface area contributed by atoms with Gasteiger partial charge in [0.15, 0.2) is 0 Å². The van der Waals surface area contributed by atoms with E-state index in [0.29, 0.717) is 48.6 Å². The third-order valence-electron chi connectivity index (χ3n) is 7.72. The molecule has 0 unspecified atom stereocenters. The molecule has 4 aliphatic rings. The van der Waals surface area contributed by atoms with Crippen LogP contribution in [0.4, 0.5) is 0 Å². The highest BCUT2D eigenvalue weighted by Gasteiger charge is 2.62. The predicted molar refractivity (Wildman–Crippen MR) is 78.6 cm³/mol. The van der Waals surface area contributed by atoms with Gasteiger partial charge in [0.25, 0.3) is 0 Å². The maximum Gasteiger partial charge on any atom is 0.140 e. The maximum atomic E-state index is 12.7. The number of rotatable bonds is 0. The molecule has 0 aliphatic heterocycles. The van der Waals surface area contributed by atoms with Gasteiger partial charge in [0, 0.05) is 24.7 Å². The zero-order chi connectivity index (χ0) is 14.8. The summed E-state index contributed by atoms with van der Waals surface area (Å²) < 4.78 is 0. The summed E-state index contributed by atoms with van der Waals surface area (Å²) in [6.45, 7) is 2.25. The van der Waals surface area contributed by atoms with Gasteiger partial charge in [0.1, 0.15) is 11.6 Å². The fraction of sp³-hybridized carbons (Fsp3) is 0.889. The van der Waals surface area contributed by atoms with E-state index < -0.39 is 0 Å². The first-order chi connectivity index (χ1) is 9.97. The molecule has 21 heavy (non-hydrogen) atoms. The second kappa shape index (κ2) is 4.41. The van der Waals surface area contributed by atoms with Crippen molar-refractivity contribution in [3.8, 4) is 0 Å². The number of Topliss-reactive ketones (excluding diaryl/α,β-unsaturated/α-hetero) is 2. The van der Waals surface area contributed by atoms with Gasteiger partial charge in [0.2, 0.25) is 0 Å². The molecule has 4 fully saturated rings. The Hall–Kier alpha value is -0.700. The van der Waals surface area contributed by atoms with E-state index in [9.17, 15) is 14.7 Å². The second-order valence-electron chi connectivity index (χ2n) is 8.35. The lowest BCUT2D eigenvalue weighted by molar-refractivity contribution is -0.144. The van der Waals surface area contributed by atoms with Crippen LogP contribution < -0.4 is 0 Å². The lowest BCUT2D eigenvalue weighted by Gasteiger charge is -2.49. The molecule has 6 atom stereocenters. The number of carbonyl (C=O) groups excluding carboxylic acids is 2. The van der Waals surface area contributed by atoms with Crippen LogP contribution in [0.1, 0.15) is 64.7 Å². The maximum absolute atomic E-state index is 12.7. The molecule has 0 heterocycles. The molecular formula is C18H26O3. The number of aliphatic hydroxyl groups excluding tert-OH is 1. The van der Waals surface area contributed by atoms with Crippen LogP contribution in [0.25, 0.3) is 0 Å². The Bertz CT molecular complexity index is 499. The first kappa shape index (κ1) is 13.9. The molecular weight excluding hydrogens is 264 g/mol.